The molecule has 2 amide bonds. The smallest absolute Gasteiger partial charge is 0.318 e. The lowest BCUT2D eigenvalue weighted by Crippen LogP contribution is -2.60. The highest BCUT2D eigenvalue weighted by Crippen LogP contribution is 2.35. The summed E-state index contributed by atoms with van der Waals surface area (Å²) in [6, 6.07) is 3.18. The van der Waals surface area contributed by atoms with Crippen molar-refractivity contribution in [3.05, 3.63) is 30.1 Å². The molecular weight excluding hydrogens is 271 g/mol. The Balaban J connectivity index is 2.59. The average Bonchev–Trinajstić information content (AvgIpc) is 2.73. The second-order valence-corrected chi connectivity index (χ2v) is 6.85. The maximum atomic E-state index is 12.9. The molecule has 1 aliphatic heterocycles. The van der Waals surface area contributed by atoms with Crippen molar-refractivity contribution in [2.24, 2.45) is 5.73 Å². The molecule has 1 aromatic carbocycles. The molecule has 1 saturated heterocycles. The number of hydrogen-bond donors (Lipinski definition) is 1. The molecule has 0 radical (unpaired) electrons. The second-order valence-electron chi connectivity index (χ2n) is 4.78. The number of halogens is 1. The molecule has 1 aliphatic rings. The lowest BCUT2D eigenvalue weighted by molar-refractivity contribution is -0.731. The standard InChI is InChI=1S/C12H15FN2O3S/c1-9-3-2-8-15(9,12(14)16)19(17,18)11-6-4-10(13)5-7-11/h4-7,9H,2-3,8H2,1H3,(H-,14,16)/p+1/t9-,15?/m1/s1. The number of primary amides is 1. The van der Waals surface area contributed by atoms with E-state index >= 15 is 0 Å². The number of urea groups is 1. The number of quaternary nitrogens is 1. The summed E-state index contributed by atoms with van der Waals surface area (Å²) in [7, 11) is -3.97. The van der Waals surface area contributed by atoms with Crippen molar-refractivity contribution in [1.82, 2.24) is 0 Å². The van der Waals surface area contributed by atoms with Crippen LogP contribution >= 0.6 is 0 Å². The van der Waals surface area contributed by atoms with Crippen LogP contribution in [0.3, 0.4) is 0 Å². The number of hydrogen-bond acceptors (Lipinski definition) is 3. The molecule has 7 heteroatoms. The van der Waals surface area contributed by atoms with Crippen LogP contribution in [0.2, 0.25) is 0 Å². The van der Waals surface area contributed by atoms with E-state index in [0.717, 1.165) is 12.1 Å². The Bertz CT molecular complexity index is 600. The molecule has 0 aromatic heterocycles. The Morgan fingerprint density at radius 2 is 1.95 bits per heavy atom. The summed E-state index contributed by atoms with van der Waals surface area (Å²) in [5.74, 6) is -0.529. The Hall–Kier alpha value is -1.47. The van der Waals surface area contributed by atoms with Crippen molar-refractivity contribution >= 4 is 16.1 Å². The minimum Gasteiger partial charge on any atom is -0.318 e. The summed E-state index contributed by atoms with van der Waals surface area (Å²) >= 11 is 0. The van der Waals surface area contributed by atoms with E-state index in [9.17, 15) is 17.6 Å². The van der Waals surface area contributed by atoms with Gasteiger partial charge in [-0.1, -0.05) is 0 Å². The number of amides is 2. The number of nitrogens with two attached hydrogens (primary N) is 1. The van der Waals surface area contributed by atoms with Crippen LogP contribution in [0.5, 0.6) is 0 Å². The number of carbonyl (C=O) groups is 1. The summed E-state index contributed by atoms with van der Waals surface area (Å²) in [5.41, 5.74) is 5.36. The van der Waals surface area contributed by atoms with Crippen LogP contribution in [0.15, 0.2) is 29.2 Å². The van der Waals surface area contributed by atoms with Gasteiger partial charge < -0.3 is 5.73 Å². The Morgan fingerprint density at radius 3 is 2.37 bits per heavy atom. The van der Waals surface area contributed by atoms with Gasteiger partial charge in [-0.05, 0) is 31.2 Å². The van der Waals surface area contributed by atoms with Gasteiger partial charge in [-0.25, -0.2) is 9.18 Å². The predicted molar refractivity (Wildman–Crippen MR) is 67.0 cm³/mol. The molecule has 104 valence electrons. The largest absolute Gasteiger partial charge is 0.429 e. The molecule has 1 aromatic rings. The third-order valence-corrected chi connectivity index (χ3v) is 6.19. The van der Waals surface area contributed by atoms with Crippen LogP contribution < -0.4 is 5.73 Å². The zero-order valence-electron chi connectivity index (χ0n) is 10.5. The maximum absolute atomic E-state index is 12.9. The van der Waals surface area contributed by atoms with Gasteiger partial charge in [0.05, 0.1) is 0 Å². The first-order valence-electron chi connectivity index (χ1n) is 6.01. The molecule has 2 rings (SSSR count). The molecule has 19 heavy (non-hydrogen) atoms. The van der Waals surface area contributed by atoms with Gasteiger partial charge in [-0.15, -0.1) is 3.89 Å². The topological polar surface area (TPSA) is 77.2 Å². The van der Waals surface area contributed by atoms with E-state index in [1.165, 1.54) is 12.1 Å². The van der Waals surface area contributed by atoms with E-state index < -0.39 is 31.8 Å². The number of benzene rings is 1. The molecule has 1 unspecified atom stereocenters. The molecule has 1 heterocycles. The number of nitrogens with zero attached hydrogens (tertiary/aromatic N) is 1. The van der Waals surface area contributed by atoms with E-state index in [-0.39, 0.29) is 11.4 Å². The molecule has 0 spiro atoms. The van der Waals surface area contributed by atoms with E-state index in [1.807, 2.05) is 0 Å². The SMILES string of the molecule is C[C@@H]1CCC[N+]1(C(N)=O)S(=O)(=O)c1ccc(F)cc1. The fraction of sp³-hybridized carbons (Fsp3) is 0.417. The summed E-state index contributed by atoms with van der Waals surface area (Å²) in [4.78, 5) is 11.7. The lowest BCUT2D eigenvalue weighted by Gasteiger charge is -2.32. The summed E-state index contributed by atoms with van der Waals surface area (Å²) in [5, 5.41) is 0. The monoisotopic (exact) mass is 287 g/mol. The highest BCUT2D eigenvalue weighted by Gasteiger charge is 2.55. The van der Waals surface area contributed by atoms with Crippen LogP contribution in [-0.2, 0) is 10.0 Å². The van der Waals surface area contributed by atoms with Crippen molar-refractivity contribution in [2.75, 3.05) is 6.54 Å². The molecule has 2 atom stereocenters. The van der Waals surface area contributed by atoms with Crippen LogP contribution in [0.1, 0.15) is 19.8 Å². The van der Waals surface area contributed by atoms with Crippen molar-refractivity contribution in [2.45, 2.75) is 30.7 Å². The predicted octanol–water partition coefficient (Wildman–Crippen LogP) is 1.59. The minimum atomic E-state index is -3.97. The quantitative estimate of drug-likeness (QED) is 0.839. The van der Waals surface area contributed by atoms with Crippen molar-refractivity contribution in [3.63, 3.8) is 0 Å². The molecule has 5 nitrogen and oxygen atoms in total. The maximum Gasteiger partial charge on any atom is 0.429 e. The van der Waals surface area contributed by atoms with Gasteiger partial charge in [0.15, 0.2) is 0 Å². The Labute approximate surface area is 111 Å². The van der Waals surface area contributed by atoms with Gasteiger partial charge >= 0.3 is 16.1 Å². The van der Waals surface area contributed by atoms with E-state index in [0.29, 0.717) is 12.8 Å². The summed E-state index contributed by atoms with van der Waals surface area (Å²) < 4.78 is 37.4. The second kappa shape index (κ2) is 4.57. The third-order valence-electron chi connectivity index (χ3n) is 3.74. The summed E-state index contributed by atoms with van der Waals surface area (Å²) in [6.07, 6.45) is 1.23. The molecule has 1 fully saturated rings. The zero-order chi connectivity index (χ0) is 14.3. The van der Waals surface area contributed by atoms with E-state index in [1.54, 1.807) is 6.92 Å². The highest BCUT2D eigenvalue weighted by molar-refractivity contribution is 7.86. The highest BCUT2D eigenvalue weighted by atomic mass is 32.2. The zero-order valence-corrected chi connectivity index (χ0v) is 11.4. The van der Waals surface area contributed by atoms with Crippen LogP contribution in [0, 0.1) is 5.82 Å². The third kappa shape index (κ3) is 1.93. The van der Waals surface area contributed by atoms with Crippen LogP contribution in [0.25, 0.3) is 0 Å². The van der Waals surface area contributed by atoms with E-state index in [2.05, 4.69) is 0 Å². The first-order chi connectivity index (χ1) is 8.82. The summed E-state index contributed by atoms with van der Waals surface area (Å²) in [6.45, 7) is 1.86. The fourth-order valence-corrected chi connectivity index (χ4v) is 4.69. The van der Waals surface area contributed by atoms with Crippen LogP contribution in [0.4, 0.5) is 9.18 Å². The number of likely N-dealkylation sites (tertiary alicyclic amines) is 1. The minimum absolute atomic E-state index is 0.0820. The molecule has 2 N–H and O–H groups in total. The van der Waals surface area contributed by atoms with Crippen LogP contribution in [-0.4, -0.2) is 30.9 Å². The van der Waals surface area contributed by atoms with Gasteiger partial charge in [0.2, 0.25) is 0 Å². The number of rotatable bonds is 2. The first-order valence-corrected chi connectivity index (χ1v) is 7.45. The van der Waals surface area contributed by atoms with Gasteiger partial charge in [0.1, 0.15) is 23.3 Å². The fourth-order valence-electron chi connectivity index (χ4n) is 2.65. The number of sulfonamides is 1. The average molecular weight is 287 g/mol. The molecule has 0 aliphatic carbocycles. The van der Waals surface area contributed by atoms with Crippen molar-refractivity contribution in [1.29, 1.82) is 0 Å². The molecular formula is C12H16FN2O3S+. The van der Waals surface area contributed by atoms with Gasteiger partial charge in [0, 0.05) is 12.8 Å². The van der Waals surface area contributed by atoms with Crippen molar-refractivity contribution < 1.29 is 21.5 Å². The van der Waals surface area contributed by atoms with Gasteiger partial charge in [0.25, 0.3) is 0 Å². The van der Waals surface area contributed by atoms with Gasteiger partial charge in [-0.3, -0.25) is 0 Å². The Kier molecular flexibility index (Phi) is 3.36. The Morgan fingerprint density at radius 1 is 1.37 bits per heavy atom. The van der Waals surface area contributed by atoms with Crippen molar-refractivity contribution in [3.8, 4) is 0 Å². The van der Waals surface area contributed by atoms with Gasteiger partial charge in [-0.2, -0.15) is 8.42 Å². The molecule has 0 saturated carbocycles. The van der Waals surface area contributed by atoms with E-state index in [4.69, 9.17) is 5.73 Å². The number of carbonyl (C=O) groups excluding carboxylic acids is 1. The first kappa shape index (κ1) is 14.0. The lowest BCUT2D eigenvalue weighted by atomic mass is 10.2. The normalized spacial score (nSPS) is 27.4. The molecule has 0 bridgehead atoms.